The third-order valence-electron chi connectivity index (χ3n) is 6.15. The van der Waals surface area contributed by atoms with Gasteiger partial charge in [0.2, 0.25) is 5.91 Å². The average molecular weight is 415 g/mol. The van der Waals surface area contributed by atoms with E-state index in [0.29, 0.717) is 39.0 Å². The summed E-state index contributed by atoms with van der Waals surface area (Å²) in [4.78, 5) is 38.2. The van der Waals surface area contributed by atoms with Crippen molar-refractivity contribution in [1.82, 2.24) is 15.5 Å². The largest absolute Gasteiger partial charge is 0.487 e. The molecular formula is C22H29N3O5. The molecule has 1 spiro atoms. The van der Waals surface area contributed by atoms with Crippen molar-refractivity contribution in [2.45, 2.75) is 63.1 Å². The van der Waals surface area contributed by atoms with Crippen molar-refractivity contribution in [2.75, 3.05) is 19.8 Å². The monoisotopic (exact) mass is 415 g/mol. The Hall–Kier alpha value is -2.61. The van der Waals surface area contributed by atoms with Crippen LogP contribution in [0.5, 0.6) is 5.75 Å². The smallest absolute Gasteiger partial charge is 0.324 e. The average Bonchev–Trinajstić information content (AvgIpc) is 3.01. The van der Waals surface area contributed by atoms with Crippen LogP contribution in [0.1, 0.15) is 57.1 Å². The van der Waals surface area contributed by atoms with E-state index in [1.807, 2.05) is 31.2 Å². The molecule has 4 rings (SSSR count). The van der Waals surface area contributed by atoms with Crippen LogP contribution in [0.2, 0.25) is 0 Å². The van der Waals surface area contributed by atoms with E-state index in [0.717, 1.165) is 24.2 Å². The predicted octanol–water partition coefficient (Wildman–Crippen LogP) is 2.29. The van der Waals surface area contributed by atoms with Gasteiger partial charge in [-0.3, -0.25) is 14.5 Å². The summed E-state index contributed by atoms with van der Waals surface area (Å²) in [7, 11) is 0. The highest BCUT2D eigenvalue weighted by Gasteiger charge is 2.43. The van der Waals surface area contributed by atoms with E-state index in [2.05, 4.69) is 10.6 Å². The highest BCUT2D eigenvalue weighted by Crippen LogP contribution is 2.43. The topological polar surface area (TPSA) is 97.0 Å². The molecule has 2 unspecified atom stereocenters. The van der Waals surface area contributed by atoms with Crippen LogP contribution >= 0.6 is 0 Å². The molecule has 3 aliphatic rings. The van der Waals surface area contributed by atoms with Crippen LogP contribution in [0.4, 0.5) is 4.79 Å². The summed E-state index contributed by atoms with van der Waals surface area (Å²) in [6.45, 7) is 3.62. The van der Waals surface area contributed by atoms with Gasteiger partial charge in [0.05, 0.1) is 19.3 Å². The van der Waals surface area contributed by atoms with Gasteiger partial charge in [-0.05, 0) is 18.9 Å². The maximum atomic E-state index is 12.7. The zero-order valence-corrected chi connectivity index (χ0v) is 17.3. The molecule has 2 atom stereocenters. The van der Waals surface area contributed by atoms with Gasteiger partial charge in [0, 0.05) is 37.8 Å². The van der Waals surface area contributed by atoms with Crippen molar-refractivity contribution in [3.63, 3.8) is 0 Å². The third-order valence-corrected chi connectivity index (χ3v) is 6.15. The quantitative estimate of drug-likeness (QED) is 0.695. The van der Waals surface area contributed by atoms with Crippen LogP contribution in [0.15, 0.2) is 24.3 Å². The first kappa shape index (κ1) is 20.7. The number of benzene rings is 1. The fraction of sp³-hybridized carbons (Fsp3) is 0.591. The van der Waals surface area contributed by atoms with Crippen LogP contribution < -0.4 is 15.4 Å². The van der Waals surface area contributed by atoms with E-state index in [-0.39, 0.29) is 35.9 Å². The van der Waals surface area contributed by atoms with Crippen molar-refractivity contribution >= 4 is 17.8 Å². The van der Waals surface area contributed by atoms with Crippen LogP contribution in [-0.2, 0) is 14.3 Å². The molecular weight excluding hydrogens is 386 g/mol. The molecule has 0 aliphatic carbocycles. The number of fused-ring (bicyclic) bond motifs is 1. The Kier molecular flexibility index (Phi) is 5.94. The molecule has 4 amide bonds. The predicted molar refractivity (Wildman–Crippen MR) is 109 cm³/mol. The van der Waals surface area contributed by atoms with E-state index < -0.39 is 6.04 Å². The number of carbonyl (C=O) groups excluding carboxylic acids is 3. The molecule has 3 heterocycles. The molecule has 8 nitrogen and oxygen atoms in total. The standard InChI is InChI=1S/C22H29N3O5/c1-2-11-25-20(27)16(24-21(25)28)7-8-19(26)23-17-14-22(9-12-29-13-10-22)30-18-6-4-3-5-15(17)18/h3-6,16-17H,2,7-14H2,1H3,(H,23,26)(H,24,28). The molecule has 1 aromatic carbocycles. The molecule has 0 saturated carbocycles. The summed E-state index contributed by atoms with van der Waals surface area (Å²) >= 11 is 0. The summed E-state index contributed by atoms with van der Waals surface area (Å²) in [5, 5.41) is 5.82. The summed E-state index contributed by atoms with van der Waals surface area (Å²) < 4.78 is 11.8. The molecule has 2 saturated heterocycles. The number of amides is 4. The molecule has 0 radical (unpaired) electrons. The number of hydrogen-bond acceptors (Lipinski definition) is 5. The fourth-order valence-corrected chi connectivity index (χ4v) is 4.55. The van der Waals surface area contributed by atoms with Gasteiger partial charge in [0.15, 0.2) is 0 Å². The number of hydrogen-bond donors (Lipinski definition) is 2. The normalized spacial score (nSPS) is 24.9. The van der Waals surface area contributed by atoms with Crippen molar-refractivity contribution in [2.24, 2.45) is 0 Å². The Morgan fingerprint density at radius 1 is 1.27 bits per heavy atom. The van der Waals surface area contributed by atoms with Crippen LogP contribution in [-0.4, -0.2) is 54.1 Å². The zero-order valence-electron chi connectivity index (χ0n) is 17.3. The van der Waals surface area contributed by atoms with Crippen molar-refractivity contribution in [1.29, 1.82) is 0 Å². The van der Waals surface area contributed by atoms with E-state index in [9.17, 15) is 14.4 Å². The molecule has 30 heavy (non-hydrogen) atoms. The lowest BCUT2D eigenvalue weighted by Gasteiger charge is -2.44. The van der Waals surface area contributed by atoms with Gasteiger partial charge in [-0.15, -0.1) is 0 Å². The molecule has 2 N–H and O–H groups in total. The van der Waals surface area contributed by atoms with Gasteiger partial charge in [-0.2, -0.15) is 0 Å². The minimum Gasteiger partial charge on any atom is -0.487 e. The number of carbonyl (C=O) groups is 3. The molecule has 3 aliphatic heterocycles. The second-order valence-corrected chi connectivity index (χ2v) is 8.29. The van der Waals surface area contributed by atoms with Gasteiger partial charge < -0.3 is 20.1 Å². The molecule has 1 aromatic rings. The molecule has 162 valence electrons. The Morgan fingerprint density at radius 3 is 2.80 bits per heavy atom. The number of nitrogens with one attached hydrogen (secondary N) is 2. The lowest BCUT2D eigenvalue weighted by Crippen LogP contribution is -2.48. The van der Waals surface area contributed by atoms with E-state index in [1.54, 1.807) is 0 Å². The number of para-hydroxylation sites is 1. The lowest BCUT2D eigenvalue weighted by atomic mass is 9.82. The van der Waals surface area contributed by atoms with Gasteiger partial charge in [0.25, 0.3) is 5.91 Å². The first-order chi connectivity index (χ1) is 14.5. The molecule has 8 heteroatoms. The first-order valence-corrected chi connectivity index (χ1v) is 10.8. The first-order valence-electron chi connectivity index (χ1n) is 10.8. The van der Waals surface area contributed by atoms with E-state index in [1.165, 1.54) is 4.90 Å². The van der Waals surface area contributed by atoms with E-state index in [4.69, 9.17) is 9.47 Å². The van der Waals surface area contributed by atoms with Gasteiger partial charge >= 0.3 is 6.03 Å². The van der Waals surface area contributed by atoms with Crippen LogP contribution in [0.25, 0.3) is 0 Å². The minimum absolute atomic E-state index is 0.130. The molecule has 0 aromatic heterocycles. The molecule has 0 bridgehead atoms. The number of nitrogens with zero attached hydrogens (tertiary/aromatic N) is 1. The van der Waals surface area contributed by atoms with Crippen LogP contribution in [0, 0.1) is 0 Å². The highest BCUT2D eigenvalue weighted by molar-refractivity contribution is 6.04. The van der Waals surface area contributed by atoms with Crippen molar-refractivity contribution < 1.29 is 23.9 Å². The molecule has 2 fully saturated rings. The Balaban J connectivity index is 1.39. The van der Waals surface area contributed by atoms with Gasteiger partial charge in [-0.25, -0.2) is 4.79 Å². The summed E-state index contributed by atoms with van der Waals surface area (Å²) in [5.41, 5.74) is 0.656. The third kappa shape index (κ3) is 4.14. The second-order valence-electron chi connectivity index (χ2n) is 8.29. The summed E-state index contributed by atoms with van der Waals surface area (Å²) in [6, 6.07) is 6.66. The number of urea groups is 1. The highest BCUT2D eigenvalue weighted by atomic mass is 16.5. The summed E-state index contributed by atoms with van der Waals surface area (Å²) in [6.07, 6.45) is 3.46. The number of imide groups is 1. The second kappa shape index (κ2) is 8.63. The Bertz CT molecular complexity index is 821. The lowest BCUT2D eigenvalue weighted by molar-refractivity contribution is -0.128. The van der Waals surface area contributed by atoms with Crippen LogP contribution in [0.3, 0.4) is 0 Å². The SMILES string of the molecule is CCCN1C(=O)NC(CCC(=O)NC2CC3(CCOCC3)Oc3ccccc32)C1=O. The van der Waals surface area contributed by atoms with Crippen molar-refractivity contribution in [3.8, 4) is 5.75 Å². The van der Waals surface area contributed by atoms with E-state index >= 15 is 0 Å². The minimum atomic E-state index is -0.626. The fourth-order valence-electron chi connectivity index (χ4n) is 4.55. The number of rotatable bonds is 6. The zero-order chi connectivity index (χ0) is 21.1. The maximum Gasteiger partial charge on any atom is 0.324 e. The van der Waals surface area contributed by atoms with Gasteiger partial charge in [-0.1, -0.05) is 25.1 Å². The Morgan fingerprint density at radius 2 is 2.03 bits per heavy atom. The maximum absolute atomic E-state index is 12.7. The Labute approximate surface area is 176 Å². The van der Waals surface area contributed by atoms with Gasteiger partial charge in [0.1, 0.15) is 17.4 Å². The summed E-state index contributed by atoms with van der Waals surface area (Å²) in [5.74, 6) is 0.437. The number of ether oxygens (including phenoxy) is 2. The van der Waals surface area contributed by atoms with Crippen molar-refractivity contribution in [3.05, 3.63) is 29.8 Å².